The number of hydrogen-bond donors (Lipinski definition) is 0. The Kier molecular flexibility index (Phi) is 2.47. The summed E-state index contributed by atoms with van der Waals surface area (Å²) in [6.45, 7) is 2.07. The summed E-state index contributed by atoms with van der Waals surface area (Å²) in [6.07, 6.45) is 4.88. The van der Waals surface area contributed by atoms with Crippen LogP contribution in [-0.2, 0) is 11.2 Å². The normalized spacial score (nSPS) is 19.6. The summed E-state index contributed by atoms with van der Waals surface area (Å²) >= 11 is 0. The molecule has 0 aliphatic heterocycles. The van der Waals surface area contributed by atoms with Crippen LogP contribution < -0.4 is 0 Å². The van der Waals surface area contributed by atoms with Crippen LogP contribution in [0.2, 0.25) is 0 Å². The van der Waals surface area contributed by atoms with Gasteiger partial charge < -0.3 is 0 Å². The van der Waals surface area contributed by atoms with E-state index in [2.05, 4.69) is 30.1 Å². The van der Waals surface area contributed by atoms with Gasteiger partial charge in [0.2, 0.25) is 6.08 Å². The number of aliphatic imine (C=N–C) groups is 1. The van der Waals surface area contributed by atoms with Crippen molar-refractivity contribution in [3.8, 4) is 0 Å². The van der Waals surface area contributed by atoms with E-state index in [1.54, 1.807) is 6.08 Å². The average Bonchev–Trinajstić information content (AvgIpc) is 2.19. The molecule has 0 bridgehead atoms. The lowest BCUT2D eigenvalue weighted by Gasteiger charge is -2.21. The van der Waals surface area contributed by atoms with E-state index in [4.69, 9.17) is 0 Å². The van der Waals surface area contributed by atoms with Crippen LogP contribution in [0.4, 0.5) is 0 Å². The summed E-state index contributed by atoms with van der Waals surface area (Å²) in [5, 5.41) is 0. The van der Waals surface area contributed by atoms with Crippen molar-refractivity contribution in [2.24, 2.45) is 4.99 Å². The first-order valence-corrected chi connectivity index (χ1v) is 4.97. The lowest BCUT2D eigenvalue weighted by Crippen LogP contribution is -2.08. The molecule has 0 radical (unpaired) electrons. The zero-order valence-electron chi connectivity index (χ0n) is 8.29. The molecule has 1 aromatic carbocycles. The van der Waals surface area contributed by atoms with Gasteiger partial charge in [-0.25, -0.2) is 4.79 Å². The van der Waals surface area contributed by atoms with Gasteiger partial charge >= 0.3 is 0 Å². The third-order valence-corrected chi connectivity index (χ3v) is 2.79. The molecule has 0 amide bonds. The molecule has 0 saturated heterocycles. The minimum atomic E-state index is 0.0520. The van der Waals surface area contributed by atoms with Crippen LogP contribution in [0.25, 0.3) is 0 Å². The smallest absolute Gasteiger partial charge is 0.211 e. The highest BCUT2D eigenvalue weighted by molar-refractivity contribution is 5.40. The van der Waals surface area contributed by atoms with E-state index < -0.39 is 0 Å². The first-order chi connectivity index (χ1) is 6.81. The minimum absolute atomic E-state index is 0.0520. The van der Waals surface area contributed by atoms with Gasteiger partial charge in [0.15, 0.2) is 0 Å². The Balaban J connectivity index is 2.46. The fourth-order valence-electron chi connectivity index (χ4n) is 2.09. The number of rotatable bonds is 1. The molecular formula is C12H13NO. The maximum atomic E-state index is 10.3. The Morgan fingerprint density at radius 2 is 2.36 bits per heavy atom. The van der Waals surface area contributed by atoms with Crippen molar-refractivity contribution in [1.82, 2.24) is 0 Å². The van der Waals surface area contributed by atoms with Gasteiger partial charge in [-0.1, -0.05) is 23.8 Å². The molecule has 2 heteroatoms. The summed E-state index contributed by atoms with van der Waals surface area (Å²) in [6, 6.07) is 6.46. The standard InChI is InChI=1S/C12H13NO/c1-9-5-6-10-3-2-4-12(13-8-14)11(10)7-9/h5-7,12H,2-4H2,1H3. The molecule has 1 unspecified atom stereocenters. The minimum Gasteiger partial charge on any atom is -0.211 e. The van der Waals surface area contributed by atoms with Gasteiger partial charge in [-0.3, -0.25) is 0 Å². The second-order valence-corrected chi connectivity index (χ2v) is 3.83. The van der Waals surface area contributed by atoms with Crippen molar-refractivity contribution in [3.05, 3.63) is 34.9 Å². The highest BCUT2D eigenvalue weighted by Gasteiger charge is 2.19. The van der Waals surface area contributed by atoms with Gasteiger partial charge in [-0.2, -0.15) is 4.99 Å². The number of carbonyl (C=O) groups excluding carboxylic acids is 1. The molecule has 0 heterocycles. The molecule has 2 nitrogen and oxygen atoms in total. The van der Waals surface area contributed by atoms with Crippen LogP contribution in [0, 0.1) is 6.92 Å². The van der Waals surface area contributed by atoms with E-state index in [-0.39, 0.29) is 6.04 Å². The van der Waals surface area contributed by atoms with Gasteiger partial charge in [0.25, 0.3) is 0 Å². The Labute approximate surface area is 83.7 Å². The molecule has 2 rings (SSSR count). The fourth-order valence-corrected chi connectivity index (χ4v) is 2.09. The predicted molar refractivity (Wildman–Crippen MR) is 55.0 cm³/mol. The molecule has 14 heavy (non-hydrogen) atoms. The number of benzene rings is 1. The van der Waals surface area contributed by atoms with Crippen LogP contribution in [0.5, 0.6) is 0 Å². The zero-order valence-corrected chi connectivity index (χ0v) is 8.29. The highest BCUT2D eigenvalue weighted by atomic mass is 16.1. The number of nitrogens with zero attached hydrogens (tertiary/aromatic N) is 1. The molecule has 0 aromatic heterocycles. The van der Waals surface area contributed by atoms with Crippen molar-refractivity contribution in [1.29, 1.82) is 0 Å². The Morgan fingerprint density at radius 1 is 1.50 bits per heavy atom. The van der Waals surface area contributed by atoms with E-state index in [0.29, 0.717) is 0 Å². The molecule has 0 N–H and O–H groups in total. The van der Waals surface area contributed by atoms with Gasteiger partial charge in [0.1, 0.15) is 0 Å². The molecule has 72 valence electrons. The Hall–Kier alpha value is -1.40. The number of aryl methyl sites for hydroxylation is 2. The van der Waals surface area contributed by atoms with Crippen LogP contribution in [-0.4, -0.2) is 6.08 Å². The van der Waals surface area contributed by atoms with Gasteiger partial charge in [-0.05, 0) is 37.3 Å². The Morgan fingerprint density at radius 3 is 3.14 bits per heavy atom. The van der Waals surface area contributed by atoms with Crippen LogP contribution in [0.1, 0.15) is 35.6 Å². The third kappa shape index (κ3) is 1.61. The molecule has 1 aliphatic rings. The van der Waals surface area contributed by atoms with E-state index in [0.717, 1.165) is 19.3 Å². The molecule has 1 aromatic rings. The van der Waals surface area contributed by atoms with E-state index in [1.807, 2.05) is 0 Å². The maximum Gasteiger partial charge on any atom is 0.235 e. The monoisotopic (exact) mass is 187 g/mol. The van der Waals surface area contributed by atoms with Crippen molar-refractivity contribution in [3.63, 3.8) is 0 Å². The average molecular weight is 187 g/mol. The second-order valence-electron chi connectivity index (χ2n) is 3.83. The van der Waals surface area contributed by atoms with E-state index in [9.17, 15) is 4.79 Å². The van der Waals surface area contributed by atoms with Gasteiger partial charge in [0, 0.05) is 0 Å². The first kappa shape index (κ1) is 9.17. The number of isocyanates is 1. The lowest BCUT2D eigenvalue weighted by molar-refractivity contribution is 0.538. The highest BCUT2D eigenvalue weighted by Crippen LogP contribution is 2.32. The first-order valence-electron chi connectivity index (χ1n) is 4.97. The molecule has 0 saturated carbocycles. The fraction of sp³-hybridized carbons (Fsp3) is 0.417. The lowest BCUT2D eigenvalue weighted by atomic mass is 9.87. The molecular weight excluding hydrogens is 174 g/mol. The number of fused-ring (bicyclic) bond motifs is 1. The Bertz CT molecular complexity index is 391. The maximum absolute atomic E-state index is 10.3. The molecule has 1 atom stereocenters. The molecule has 0 fully saturated rings. The van der Waals surface area contributed by atoms with E-state index in [1.165, 1.54) is 16.7 Å². The summed E-state index contributed by atoms with van der Waals surface area (Å²) in [4.78, 5) is 14.1. The topological polar surface area (TPSA) is 29.4 Å². The summed E-state index contributed by atoms with van der Waals surface area (Å²) < 4.78 is 0. The van der Waals surface area contributed by atoms with Crippen molar-refractivity contribution >= 4 is 6.08 Å². The predicted octanol–water partition coefficient (Wildman–Crippen LogP) is 2.71. The van der Waals surface area contributed by atoms with Gasteiger partial charge in [-0.15, -0.1) is 0 Å². The zero-order chi connectivity index (χ0) is 9.97. The quantitative estimate of drug-likeness (QED) is 0.491. The number of hydrogen-bond acceptors (Lipinski definition) is 2. The largest absolute Gasteiger partial charge is 0.235 e. The summed E-state index contributed by atoms with van der Waals surface area (Å²) in [5.74, 6) is 0. The van der Waals surface area contributed by atoms with E-state index >= 15 is 0 Å². The van der Waals surface area contributed by atoms with Crippen molar-refractivity contribution in [2.75, 3.05) is 0 Å². The summed E-state index contributed by atoms with van der Waals surface area (Å²) in [7, 11) is 0. The second kappa shape index (κ2) is 3.77. The van der Waals surface area contributed by atoms with Crippen molar-refractivity contribution < 1.29 is 4.79 Å². The summed E-state index contributed by atoms with van der Waals surface area (Å²) in [5.41, 5.74) is 3.79. The molecule has 1 aliphatic carbocycles. The third-order valence-electron chi connectivity index (χ3n) is 2.79. The van der Waals surface area contributed by atoms with Crippen LogP contribution in [0.3, 0.4) is 0 Å². The molecule has 0 spiro atoms. The SMILES string of the molecule is Cc1ccc2c(c1)C(N=C=O)CCC2. The van der Waals surface area contributed by atoms with Crippen LogP contribution >= 0.6 is 0 Å². The van der Waals surface area contributed by atoms with Crippen LogP contribution in [0.15, 0.2) is 23.2 Å². The van der Waals surface area contributed by atoms with Gasteiger partial charge in [0.05, 0.1) is 6.04 Å². The van der Waals surface area contributed by atoms with Crippen molar-refractivity contribution in [2.45, 2.75) is 32.2 Å².